The summed E-state index contributed by atoms with van der Waals surface area (Å²) >= 11 is 1.85. The molecule has 1 aliphatic carbocycles. The van der Waals surface area contributed by atoms with Crippen molar-refractivity contribution in [2.24, 2.45) is 15.7 Å². The number of amidine groups is 2. The van der Waals surface area contributed by atoms with Gasteiger partial charge in [-0.15, -0.1) is 11.3 Å². The van der Waals surface area contributed by atoms with Crippen molar-refractivity contribution < 1.29 is 8.83 Å². The van der Waals surface area contributed by atoms with E-state index < -0.39 is 0 Å². The van der Waals surface area contributed by atoms with E-state index >= 15 is 0 Å². The summed E-state index contributed by atoms with van der Waals surface area (Å²) in [6.45, 7) is 0.370. The fourth-order valence-electron chi connectivity index (χ4n) is 9.96. The molecule has 7 heteroatoms. The lowest BCUT2D eigenvalue weighted by molar-refractivity contribution is 0.668. The van der Waals surface area contributed by atoms with Crippen LogP contribution in [-0.4, -0.2) is 16.2 Å². The molecular weight excluding hydrogens is 829 g/mol. The molecule has 0 saturated carbocycles. The van der Waals surface area contributed by atoms with Crippen molar-refractivity contribution in [1.29, 1.82) is 0 Å². The Labute approximate surface area is 383 Å². The summed E-state index contributed by atoms with van der Waals surface area (Å²) in [6, 6.07) is 59.0. The number of allylic oxidation sites excluding steroid dienone is 1. The molecule has 0 bridgehead atoms. The zero-order valence-electron chi connectivity index (χ0n) is 35.7. The summed E-state index contributed by atoms with van der Waals surface area (Å²) in [6.07, 6.45) is 11.2. The fraction of sp³-hybridized carbons (Fsp3) is 0.0508. The Morgan fingerprint density at radius 2 is 1.39 bits per heavy atom. The van der Waals surface area contributed by atoms with Crippen LogP contribution in [0, 0.1) is 0 Å². The van der Waals surface area contributed by atoms with Gasteiger partial charge >= 0.3 is 0 Å². The van der Waals surface area contributed by atoms with E-state index in [-0.39, 0.29) is 0 Å². The maximum absolute atomic E-state index is 6.77. The van der Waals surface area contributed by atoms with E-state index in [1.165, 1.54) is 53.6 Å². The highest BCUT2D eigenvalue weighted by molar-refractivity contribution is 7.25. The zero-order valence-corrected chi connectivity index (χ0v) is 36.6. The van der Waals surface area contributed by atoms with E-state index in [2.05, 4.69) is 138 Å². The van der Waals surface area contributed by atoms with Gasteiger partial charge in [-0.3, -0.25) is 4.99 Å². The summed E-state index contributed by atoms with van der Waals surface area (Å²) in [4.78, 5) is 10.3. The number of aromatic nitrogens is 1. The van der Waals surface area contributed by atoms with E-state index in [9.17, 15) is 0 Å². The number of hydrogen-bond acceptors (Lipinski definition) is 4. The minimum absolute atomic E-state index is 0.370. The fourth-order valence-corrected chi connectivity index (χ4v) is 11.1. The second-order valence-corrected chi connectivity index (χ2v) is 18.0. The highest BCUT2D eigenvalue weighted by Crippen LogP contribution is 2.42. The molecule has 0 amide bonds. The second-order valence-electron chi connectivity index (χ2n) is 16.9. The topological polar surface area (TPSA) is 81.9 Å². The van der Waals surface area contributed by atoms with Crippen LogP contribution in [0.4, 0.5) is 0 Å². The molecule has 0 fully saturated rings. The van der Waals surface area contributed by atoms with Crippen LogP contribution in [0.25, 0.3) is 98.9 Å². The van der Waals surface area contributed by atoms with Gasteiger partial charge in [-0.1, -0.05) is 140 Å². The number of hydrogen-bond donors (Lipinski definition) is 1. The van der Waals surface area contributed by atoms with Gasteiger partial charge in [-0.25, -0.2) is 4.99 Å². The maximum Gasteiger partial charge on any atom is 0.158 e. The van der Waals surface area contributed by atoms with E-state index in [1.54, 1.807) is 0 Å². The van der Waals surface area contributed by atoms with Gasteiger partial charge in [0.25, 0.3) is 0 Å². The molecule has 0 radical (unpaired) electrons. The molecule has 0 aliphatic heterocycles. The van der Waals surface area contributed by atoms with Crippen molar-refractivity contribution in [2.45, 2.75) is 19.4 Å². The van der Waals surface area contributed by atoms with Crippen LogP contribution < -0.4 is 5.73 Å². The Bertz CT molecular complexity index is 4040. The average molecular weight is 869 g/mol. The predicted molar refractivity (Wildman–Crippen MR) is 277 cm³/mol. The summed E-state index contributed by atoms with van der Waals surface area (Å²) in [5, 5.41) is 7.91. The van der Waals surface area contributed by atoms with Crippen LogP contribution in [0.2, 0.25) is 0 Å². The van der Waals surface area contributed by atoms with Gasteiger partial charge in [0.05, 0.1) is 17.7 Å². The molecular formula is C59H40N4O2S. The molecule has 8 aromatic carbocycles. The highest BCUT2D eigenvalue weighted by atomic mass is 32.1. The van der Waals surface area contributed by atoms with Crippen molar-refractivity contribution in [3.8, 4) is 5.69 Å². The highest BCUT2D eigenvalue weighted by Gasteiger charge is 2.22. The second kappa shape index (κ2) is 15.5. The average Bonchev–Trinajstić information content (AvgIpc) is 4.13. The van der Waals surface area contributed by atoms with E-state index in [0.717, 1.165) is 79.0 Å². The largest absolute Gasteiger partial charge is 0.456 e. The third-order valence-corrected chi connectivity index (χ3v) is 14.1. The third-order valence-electron chi connectivity index (χ3n) is 13.0. The van der Waals surface area contributed by atoms with Gasteiger partial charge in [-0.2, -0.15) is 0 Å². The number of para-hydroxylation sites is 2. The lowest BCUT2D eigenvalue weighted by Gasteiger charge is -2.17. The maximum atomic E-state index is 6.77. The summed E-state index contributed by atoms with van der Waals surface area (Å²) in [5.41, 5.74) is 20.0. The smallest absolute Gasteiger partial charge is 0.158 e. The molecule has 2 N–H and O–H groups in total. The molecule has 66 heavy (non-hydrogen) atoms. The standard InChI is InChI=1S/C59H40N4O2S/c60-58(38-13-2-1-3-14-38)62-59(61-35-37-26-28-42-41-17-6-10-22-50(41)65-53(42)34-37)45-19-12-23-52-56(45)46-33-36(27-31-51(46)64-52)25-29-43-49(30-32-55-57(43)44-18-7-11-24-54(44)66-55)63-47-20-8-4-15-39(47)40-16-5-9-21-48(40)63/h1-8,10-20,22-34H,9,21,35H2,(H2,60,61,62). The molecule has 4 aromatic heterocycles. The van der Waals surface area contributed by atoms with Crippen LogP contribution in [0.1, 0.15) is 45.5 Å². The van der Waals surface area contributed by atoms with Crippen molar-refractivity contribution in [2.75, 3.05) is 0 Å². The van der Waals surface area contributed by atoms with Crippen molar-refractivity contribution in [3.05, 3.63) is 215 Å². The van der Waals surface area contributed by atoms with E-state index in [0.29, 0.717) is 18.2 Å². The minimum atomic E-state index is 0.370. The number of rotatable bonds is 7. The van der Waals surface area contributed by atoms with Crippen LogP contribution >= 0.6 is 11.3 Å². The van der Waals surface area contributed by atoms with E-state index in [1.807, 2.05) is 72.0 Å². The zero-order chi connectivity index (χ0) is 43.7. The summed E-state index contributed by atoms with van der Waals surface area (Å²) in [7, 11) is 0. The normalized spacial score (nSPS) is 13.5. The molecule has 6 nitrogen and oxygen atoms in total. The van der Waals surface area contributed by atoms with E-state index in [4.69, 9.17) is 24.6 Å². The lowest BCUT2D eigenvalue weighted by Crippen LogP contribution is -2.16. The number of benzene rings is 8. The first-order valence-electron chi connectivity index (χ1n) is 22.3. The van der Waals surface area contributed by atoms with Crippen LogP contribution in [0.3, 0.4) is 0 Å². The Morgan fingerprint density at radius 1 is 0.621 bits per heavy atom. The van der Waals surface area contributed by atoms with Gasteiger partial charge in [0.15, 0.2) is 5.84 Å². The van der Waals surface area contributed by atoms with Crippen molar-refractivity contribution in [3.63, 3.8) is 0 Å². The van der Waals surface area contributed by atoms with Crippen LogP contribution in [-0.2, 0) is 13.0 Å². The van der Waals surface area contributed by atoms with Crippen molar-refractivity contribution >= 4 is 116 Å². The van der Waals surface area contributed by atoms with Gasteiger partial charge in [-0.05, 0) is 78.6 Å². The Balaban J connectivity index is 0.961. The molecule has 314 valence electrons. The van der Waals surface area contributed by atoms with Crippen LogP contribution in [0.5, 0.6) is 0 Å². The molecule has 0 saturated heterocycles. The third kappa shape index (κ3) is 6.31. The van der Waals surface area contributed by atoms with Gasteiger partial charge in [0, 0.05) is 75.1 Å². The molecule has 0 unspecified atom stereocenters. The van der Waals surface area contributed by atoms with Gasteiger partial charge in [0.1, 0.15) is 28.2 Å². The first-order chi connectivity index (χ1) is 32.6. The number of nitrogens with zero attached hydrogens (tertiary/aromatic N) is 3. The molecule has 13 rings (SSSR count). The number of thiophene rings is 1. The minimum Gasteiger partial charge on any atom is -0.456 e. The first-order valence-corrected chi connectivity index (χ1v) is 23.2. The number of aliphatic imine (C=N–C) groups is 2. The first kappa shape index (κ1) is 38.2. The molecule has 0 atom stereocenters. The Hall–Kier alpha value is -8.26. The predicted octanol–water partition coefficient (Wildman–Crippen LogP) is 15.3. The SMILES string of the molecule is NC(=NC(=NCc1ccc2c(c1)oc1ccccc12)c1cccc2oc3ccc(C=Cc4c(-n5c6c(c7ccccc75)C=CCC6)ccc5sc6ccccc6c45)cc3c12)c1ccccc1. The molecule has 0 spiro atoms. The van der Waals surface area contributed by atoms with Crippen molar-refractivity contribution in [1.82, 2.24) is 4.57 Å². The Morgan fingerprint density at radius 3 is 2.32 bits per heavy atom. The van der Waals surface area contributed by atoms with Crippen LogP contribution in [0.15, 0.2) is 195 Å². The molecule has 1 aliphatic rings. The summed E-state index contributed by atoms with van der Waals surface area (Å²) in [5.74, 6) is 0.905. The number of nitrogens with two attached hydrogens (primary N) is 1. The van der Waals surface area contributed by atoms with Gasteiger partial charge < -0.3 is 19.1 Å². The summed E-state index contributed by atoms with van der Waals surface area (Å²) < 4.78 is 17.9. The number of furan rings is 2. The lowest BCUT2D eigenvalue weighted by atomic mass is 10.00. The van der Waals surface area contributed by atoms with Gasteiger partial charge in [0.2, 0.25) is 0 Å². The molecule has 12 aromatic rings. The Kier molecular flexibility index (Phi) is 8.96. The monoisotopic (exact) mass is 868 g/mol. The number of fused-ring (bicyclic) bond motifs is 12. The molecule has 4 heterocycles. The quantitative estimate of drug-likeness (QED) is 0.0984.